The first-order chi connectivity index (χ1) is 16.0. The Morgan fingerprint density at radius 3 is 2.79 bits per heavy atom. The van der Waals surface area contributed by atoms with Crippen molar-refractivity contribution < 1.29 is 4.74 Å². The number of rotatable bonds is 5. The average Bonchev–Trinajstić information content (AvgIpc) is 3.32. The molecule has 4 heterocycles. The van der Waals surface area contributed by atoms with Gasteiger partial charge in [-0.2, -0.15) is 4.98 Å². The van der Waals surface area contributed by atoms with Gasteiger partial charge < -0.3 is 10.1 Å². The molecule has 33 heavy (non-hydrogen) atoms. The summed E-state index contributed by atoms with van der Waals surface area (Å²) < 4.78 is 7.08. The van der Waals surface area contributed by atoms with Gasteiger partial charge in [0, 0.05) is 58.8 Å². The third-order valence-electron chi connectivity index (χ3n) is 6.02. The molecule has 7 nitrogen and oxygen atoms in total. The molecule has 0 unspecified atom stereocenters. The SMILES string of the molecule is CCn1c(=O)c(-c2ccc(-c3cnccc3C)cc2Cl)cc2cnc(N[C@@H]3CCOC3)nc21. The maximum absolute atomic E-state index is 13.4. The van der Waals surface area contributed by atoms with E-state index in [0.717, 1.165) is 35.1 Å². The summed E-state index contributed by atoms with van der Waals surface area (Å²) in [5.74, 6) is 0.501. The van der Waals surface area contributed by atoms with Crippen molar-refractivity contribution in [2.45, 2.75) is 32.9 Å². The monoisotopic (exact) mass is 461 g/mol. The molecule has 0 aliphatic carbocycles. The van der Waals surface area contributed by atoms with Crippen molar-refractivity contribution in [3.8, 4) is 22.3 Å². The van der Waals surface area contributed by atoms with E-state index in [0.29, 0.717) is 40.9 Å². The lowest BCUT2D eigenvalue weighted by molar-refractivity contribution is 0.195. The number of ether oxygens (including phenoxy) is 1. The molecule has 168 valence electrons. The number of aryl methyl sites for hydroxylation is 2. The summed E-state index contributed by atoms with van der Waals surface area (Å²) in [6, 6.07) is 9.71. The largest absolute Gasteiger partial charge is 0.379 e. The quantitative estimate of drug-likeness (QED) is 0.463. The summed E-state index contributed by atoms with van der Waals surface area (Å²) in [5.41, 5.74) is 4.75. The first-order valence-electron chi connectivity index (χ1n) is 11.0. The number of fused-ring (bicyclic) bond motifs is 1. The Kier molecular flexibility index (Phi) is 5.83. The highest BCUT2D eigenvalue weighted by Crippen LogP contribution is 2.33. The Balaban J connectivity index is 1.57. The van der Waals surface area contributed by atoms with E-state index >= 15 is 0 Å². The molecule has 1 aliphatic heterocycles. The predicted molar refractivity (Wildman–Crippen MR) is 131 cm³/mol. The van der Waals surface area contributed by atoms with Gasteiger partial charge in [0.1, 0.15) is 5.65 Å². The van der Waals surface area contributed by atoms with Crippen LogP contribution in [0.1, 0.15) is 18.9 Å². The van der Waals surface area contributed by atoms with E-state index < -0.39 is 0 Å². The number of aromatic nitrogens is 4. The lowest BCUT2D eigenvalue weighted by Crippen LogP contribution is -2.24. The zero-order chi connectivity index (χ0) is 22.9. The van der Waals surface area contributed by atoms with Crippen LogP contribution in [0.15, 0.2) is 53.7 Å². The molecule has 1 aliphatic rings. The summed E-state index contributed by atoms with van der Waals surface area (Å²) in [7, 11) is 0. The van der Waals surface area contributed by atoms with Gasteiger partial charge in [0.2, 0.25) is 5.95 Å². The summed E-state index contributed by atoms with van der Waals surface area (Å²) >= 11 is 6.68. The minimum Gasteiger partial charge on any atom is -0.379 e. The van der Waals surface area contributed by atoms with Gasteiger partial charge in [-0.05, 0) is 49.6 Å². The van der Waals surface area contributed by atoms with Gasteiger partial charge in [-0.1, -0.05) is 23.7 Å². The number of benzene rings is 1. The van der Waals surface area contributed by atoms with Crippen molar-refractivity contribution in [1.29, 1.82) is 0 Å². The van der Waals surface area contributed by atoms with Crippen LogP contribution >= 0.6 is 11.6 Å². The number of anilines is 1. The highest BCUT2D eigenvalue weighted by atomic mass is 35.5. The summed E-state index contributed by atoms with van der Waals surface area (Å²) in [5, 5.41) is 4.59. The zero-order valence-corrected chi connectivity index (χ0v) is 19.3. The number of halogens is 1. The molecule has 3 aromatic heterocycles. The first-order valence-corrected chi connectivity index (χ1v) is 11.4. The Morgan fingerprint density at radius 2 is 2.06 bits per heavy atom. The van der Waals surface area contributed by atoms with Gasteiger partial charge in [0.05, 0.1) is 12.6 Å². The highest BCUT2D eigenvalue weighted by Gasteiger charge is 2.18. The Bertz CT molecular complexity index is 1400. The van der Waals surface area contributed by atoms with E-state index in [1.807, 2.05) is 50.4 Å². The van der Waals surface area contributed by atoms with E-state index in [-0.39, 0.29) is 11.6 Å². The van der Waals surface area contributed by atoms with Crippen molar-refractivity contribution in [1.82, 2.24) is 19.5 Å². The maximum atomic E-state index is 13.4. The number of pyridine rings is 2. The molecule has 0 bridgehead atoms. The average molecular weight is 462 g/mol. The molecule has 0 spiro atoms. The van der Waals surface area contributed by atoms with Crippen molar-refractivity contribution in [2.24, 2.45) is 0 Å². The molecule has 0 radical (unpaired) electrons. The van der Waals surface area contributed by atoms with Gasteiger partial charge >= 0.3 is 0 Å². The van der Waals surface area contributed by atoms with E-state index in [1.165, 1.54) is 0 Å². The minimum atomic E-state index is -0.133. The van der Waals surface area contributed by atoms with E-state index in [9.17, 15) is 4.79 Å². The van der Waals surface area contributed by atoms with Crippen molar-refractivity contribution in [2.75, 3.05) is 18.5 Å². The molecule has 8 heteroatoms. The van der Waals surface area contributed by atoms with Gasteiger partial charge in [-0.25, -0.2) is 4.98 Å². The summed E-state index contributed by atoms with van der Waals surface area (Å²) in [4.78, 5) is 26.7. The smallest absolute Gasteiger partial charge is 0.260 e. The molecule has 0 saturated carbocycles. The van der Waals surface area contributed by atoms with Crippen LogP contribution < -0.4 is 10.9 Å². The molecule has 5 rings (SSSR count). The molecular formula is C25H24ClN5O2. The molecular weight excluding hydrogens is 438 g/mol. The standard InChI is InChI=1S/C25H24ClN5O2/c1-3-31-23-17(12-28-25(30-23)29-18-7-9-33-14-18)10-20(24(31)32)19-5-4-16(11-22(19)26)21-13-27-8-6-15(21)2/h4-6,8,10-13,18H,3,7,9,14H2,1-2H3,(H,28,29,30)/t18-/m1/s1. The van der Waals surface area contributed by atoms with Gasteiger partial charge in [-0.15, -0.1) is 0 Å². The topological polar surface area (TPSA) is 81.9 Å². The Hall–Kier alpha value is -3.29. The van der Waals surface area contributed by atoms with Gasteiger partial charge in [0.15, 0.2) is 0 Å². The molecule has 1 atom stereocenters. The molecule has 1 saturated heterocycles. The van der Waals surface area contributed by atoms with Crippen LogP contribution in [0.25, 0.3) is 33.3 Å². The molecule has 1 aromatic carbocycles. The van der Waals surface area contributed by atoms with Crippen molar-refractivity contribution >= 4 is 28.6 Å². The van der Waals surface area contributed by atoms with Gasteiger partial charge in [-0.3, -0.25) is 14.3 Å². The van der Waals surface area contributed by atoms with E-state index in [2.05, 4.69) is 20.3 Å². The van der Waals surface area contributed by atoms with Crippen LogP contribution in [0, 0.1) is 6.92 Å². The van der Waals surface area contributed by atoms with E-state index in [1.54, 1.807) is 17.0 Å². The molecule has 1 fully saturated rings. The maximum Gasteiger partial charge on any atom is 0.260 e. The van der Waals surface area contributed by atoms with Crippen LogP contribution in [0.4, 0.5) is 5.95 Å². The zero-order valence-electron chi connectivity index (χ0n) is 18.5. The molecule has 1 N–H and O–H groups in total. The second-order valence-electron chi connectivity index (χ2n) is 8.17. The number of hydrogen-bond acceptors (Lipinski definition) is 6. The highest BCUT2D eigenvalue weighted by molar-refractivity contribution is 6.33. The summed E-state index contributed by atoms with van der Waals surface area (Å²) in [6.45, 7) is 5.81. The van der Waals surface area contributed by atoms with Gasteiger partial charge in [0.25, 0.3) is 5.56 Å². The lowest BCUT2D eigenvalue weighted by Gasteiger charge is -2.15. The fraction of sp³-hybridized carbons (Fsp3) is 0.280. The van der Waals surface area contributed by atoms with Crippen molar-refractivity contribution in [3.63, 3.8) is 0 Å². The predicted octanol–water partition coefficient (Wildman–Crippen LogP) is 4.70. The lowest BCUT2D eigenvalue weighted by atomic mass is 9.99. The second kappa shape index (κ2) is 8.92. The van der Waals surface area contributed by atoms with Crippen molar-refractivity contribution in [3.05, 3.63) is 69.9 Å². The van der Waals surface area contributed by atoms with Crippen LogP contribution in [-0.2, 0) is 11.3 Å². The number of nitrogens with zero attached hydrogens (tertiary/aromatic N) is 4. The third kappa shape index (κ3) is 4.10. The Labute approximate surface area is 196 Å². The fourth-order valence-corrected chi connectivity index (χ4v) is 4.50. The van der Waals surface area contributed by atoms with Crippen LogP contribution in [0.3, 0.4) is 0 Å². The van der Waals surface area contributed by atoms with E-state index in [4.69, 9.17) is 16.3 Å². The third-order valence-corrected chi connectivity index (χ3v) is 6.33. The molecule has 0 amide bonds. The van der Waals surface area contributed by atoms with Crippen LogP contribution in [0.2, 0.25) is 5.02 Å². The van der Waals surface area contributed by atoms with Crippen LogP contribution in [0.5, 0.6) is 0 Å². The number of nitrogens with one attached hydrogen (secondary N) is 1. The first kappa shape index (κ1) is 21.6. The molecule has 4 aromatic rings. The van der Waals surface area contributed by atoms with Crippen LogP contribution in [-0.4, -0.2) is 38.8 Å². The second-order valence-corrected chi connectivity index (χ2v) is 8.58. The number of hydrogen-bond donors (Lipinski definition) is 1. The fourth-order valence-electron chi connectivity index (χ4n) is 4.21. The Morgan fingerprint density at radius 1 is 1.18 bits per heavy atom. The summed E-state index contributed by atoms with van der Waals surface area (Å²) in [6.07, 6.45) is 6.24. The normalized spacial score (nSPS) is 15.8. The minimum absolute atomic E-state index is 0.133.